The predicted molar refractivity (Wildman–Crippen MR) is 97.6 cm³/mol. The topological polar surface area (TPSA) is 71.3 Å². The van der Waals surface area contributed by atoms with E-state index in [9.17, 15) is 4.79 Å². The van der Waals surface area contributed by atoms with Gasteiger partial charge in [0.05, 0.1) is 12.5 Å². The van der Waals surface area contributed by atoms with Crippen LogP contribution >= 0.6 is 0 Å². The highest BCUT2D eigenvalue weighted by Gasteiger charge is 2.46. The molecule has 2 aliphatic heterocycles. The first-order valence-electron chi connectivity index (χ1n) is 9.46. The normalized spacial score (nSPS) is 22.9. The van der Waals surface area contributed by atoms with Crippen LogP contribution in [0.5, 0.6) is 0 Å². The second kappa shape index (κ2) is 6.83. The second-order valence-corrected chi connectivity index (χ2v) is 7.92. The van der Waals surface area contributed by atoms with E-state index in [1.165, 1.54) is 0 Å². The molecular weight excluding hydrogens is 328 g/mol. The average Bonchev–Trinajstić information content (AvgIpc) is 3.23. The average molecular weight is 354 g/mol. The van der Waals surface area contributed by atoms with Gasteiger partial charge in [-0.2, -0.15) is 4.98 Å². The molecule has 2 aliphatic rings. The number of nitrogens with zero attached hydrogens (tertiary/aromatic N) is 3. The summed E-state index contributed by atoms with van der Waals surface area (Å²) in [4.78, 5) is 19.3. The molecule has 0 saturated carbocycles. The zero-order valence-corrected chi connectivity index (χ0v) is 15.4. The Labute approximate surface area is 154 Å². The van der Waals surface area contributed by atoms with E-state index in [1.807, 2.05) is 32.0 Å². The van der Waals surface area contributed by atoms with Crippen molar-refractivity contribution in [2.24, 2.45) is 0 Å². The fourth-order valence-corrected chi connectivity index (χ4v) is 4.07. The number of carbonyl (C=O) groups is 1. The number of nitrogens with one attached hydrogen (secondary N) is 1. The van der Waals surface area contributed by atoms with E-state index in [4.69, 9.17) is 4.52 Å². The Morgan fingerprint density at radius 3 is 2.65 bits per heavy atom. The van der Waals surface area contributed by atoms with Crippen LogP contribution in [0.4, 0.5) is 0 Å². The molecule has 0 aliphatic carbocycles. The summed E-state index contributed by atoms with van der Waals surface area (Å²) < 4.78 is 5.29. The van der Waals surface area contributed by atoms with Crippen LogP contribution in [0.25, 0.3) is 0 Å². The summed E-state index contributed by atoms with van der Waals surface area (Å²) >= 11 is 0. The molecule has 0 radical (unpaired) electrons. The molecule has 3 heterocycles. The van der Waals surface area contributed by atoms with E-state index in [2.05, 4.69) is 32.5 Å². The lowest BCUT2D eigenvalue weighted by molar-refractivity contribution is -0.121. The Kier molecular flexibility index (Phi) is 4.53. The van der Waals surface area contributed by atoms with Gasteiger partial charge in [-0.25, -0.2) is 0 Å². The van der Waals surface area contributed by atoms with Gasteiger partial charge in [0.2, 0.25) is 11.8 Å². The van der Waals surface area contributed by atoms with Gasteiger partial charge in [-0.05, 0) is 24.8 Å². The minimum absolute atomic E-state index is 0.0199. The molecule has 2 aromatic rings. The molecule has 1 spiro atoms. The molecule has 2 fully saturated rings. The van der Waals surface area contributed by atoms with Gasteiger partial charge >= 0.3 is 0 Å². The number of aromatic nitrogens is 2. The van der Waals surface area contributed by atoms with Gasteiger partial charge < -0.3 is 9.84 Å². The van der Waals surface area contributed by atoms with Crippen molar-refractivity contribution in [3.63, 3.8) is 0 Å². The molecule has 2 saturated heterocycles. The molecule has 1 aromatic carbocycles. The lowest BCUT2D eigenvalue weighted by Crippen LogP contribution is -2.50. The van der Waals surface area contributed by atoms with Gasteiger partial charge in [0.1, 0.15) is 0 Å². The highest BCUT2D eigenvalue weighted by molar-refractivity contribution is 5.87. The monoisotopic (exact) mass is 354 g/mol. The number of rotatable bonds is 4. The van der Waals surface area contributed by atoms with Crippen molar-refractivity contribution < 1.29 is 9.32 Å². The largest absolute Gasteiger partial charge is 0.350 e. The molecule has 4 rings (SSSR count). The summed E-state index contributed by atoms with van der Waals surface area (Å²) in [5.74, 6) is 1.85. The van der Waals surface area contributed by atoms with Crippen LogP contribution in [0.3, 0.4) is 0 Å². The Balaban J connectivity index is 1.36. The summed E-state index contributed by atoms with van der Waals surface area (Å²) in [7, 11) is 0. The second-order valence-electron chi connectivity index (χ2n) is 7.92. The van der Waals surface area contributed by atoms with Crippen LogP contribution < -0.4 is 5.32 Å². The minimum atomic E-state index is -0.0611. The Morgan fingerprint density at radius 1 is 1.27 bits per heavy atom. The van der Waals surface area contributed by atoms with Crippen molar-refractivity contribution in [1.29, 1.82) is 0 Å². The van der Waals surface area contributed by atoms with Crippen LogP contribution in [0.1, 0.15) is 62.2 Å². The van der Waals surface area contributed by atoms with E-state index in [-0.39, 0.29) is 23.3 Å². The van der Waals surface area contributed by atoms with E-state index in [0.29, 0.717) is 12.4 Å². The van der Waals surface area contributed by atoms with Crippen LogP contribution in [0.15, 0.2) is 34.9 Å². The lowest BCUT2D eigenvalue weighted by atomic mass is 9.82. The van der Waals surface area contributed by atoms with Crippen molar-refractivity contribution in [1.82, 2.24) is 20.4 Å². The molecule has 6 heteroatoms. The van der Waals surface area contributed by atoms with E-state index in [1.54, 1.807) is 0 Å². The summed E-state index contributed by atoms with van der Waals surface area (Å²) in [5.41, 5.74) is 1.06. The summed E-state index contributed by atoms with van der Waals surface area (Å²) in [5, 5.41) is 7.39. The molecule has 1 aromatic heterocycles. The standard InChI is InChI=1S/C20H26N4O2/c1-14(2)19-21-17(23-26-19)13-24-10-8-20(9-11-24)12-16(18(25)22-20)15-6-4-3-5-7-15/h3-7,14,16H,8-13H2,1-2H3,(H,22,25). The number of hydrogen-bond acceptors (Lipinski definition) is 5. The highest BCUT2D eigenvalue weighted by Crippen LogP contribution is 2.39. The number of amides is 1. The molecule has 1 amide bonds. The van der Waals surface area contributed by atoms with Crippen molar-refractivity contribution in [3.8, 4) is 0 Å². The maximum absolute atomic E-state index is 12.5. The molecule has 1 N–H and O–H groups in total. The van der Waals surface area contributed by atoms with Crippen LogP contribution in [-0.4, -0.2) is 39.6 Å². The molecular formula is C20H26N4O2. The molecule has 6 nitrogen and oxygen atoms in total. The van der Waals surface area contributed by atoms with E-state index >= 15 is 0 Å². The first kappa shape index (κ1) is 17.2. The maximum Gasteiger partial charge on any atom is 0.229 e. The Bertz CT molecular complexity index is 763. The Hall–Kier alpha value is -2.21. The zero-order chi connectivity index (χ0) is 18.1. The quantitative estimate of drug-likeness (QED) is 0.914. The fraction of sp³-hybridized carbons (Fsp3) is 0.550. The SMILES string of the molecule is CC(C)c1nc(CN2CCC3(CC2)CC(c2ccccc2)C(=O)N3)no1. The minimum Gasteiger partial charge on any atom is -0.350 e. The molecule has 1 unspecified atom stereocenters. The van der Waals surface area contributed by atoms with Gasteiger partial charge in [-0.15, -0.1) is 0 Å². The van der Waals surface area contributed by atoms with Crippen LogP contribution in [0, 0.1) is 0 Å². The van der Waals surface area contributed by atoms with Crippen molar-refractivity contribution in [2.45, 2.75) is 57.0 Å². The van der Waals surface area contributed by atoms with Crippen molar-refractivity contribution in [2.75, 3.05) is 13.1 Å². The Morgan fingerprint density at radius 2 is 2.00 bits per heavy atom. The maximum atomic E-state index is 12.5. The summed E-state index contributed by atoms with van der Waals surface area (Å²) in [6.45, 7) is 6.69. The highest BCUT2D eigenvalue weighted by atomic mass is 16.5. The van der Waals surface area contributed by atoms with E-state index < -0.39 is 0 Å². The third-order valence-electron chi connectivity index (χ3n) is 5.66. The molecule has 138 valence electrons. The fourth-order valence-electron chi connectivity index (χ4n) is 4.07. The third-order valence-corrected chi connectivity index (χ3v) is 5.66. The lowest BCUT2D eigenvalue weighted by Gasteiger charge is -2.38. The first-order chi connectivity index (χ1) is 12.5. The number of likely N-dealkylation sites (tertiary alicyclic amines) is 1. The van der Waals surface area contributed by atoms with Crippen LogP contribution in [0.2, 0.25) is 0 Å². The molecule has 0 bridgehead atoms. The predicted octanol–water partition coefficient (Wildman–Crippen LogP) is 2.83. The number of hydrogen-bond donors (Lipinski definition) is 1. The zero-order valence-electron chi connectivity index (χ0n) is 15.4. The van der Waals surface area contributed by atoms with Crippen molar-refractivity contribution >= 4 is 5.91 Å². The van der Waals surface area contributed by atoms with Gasteiger partial charge in [0.25, 0.3) is 0 Å². The molecule has 26 heavy (non-hydrogen) atoms. The number of carbonyl (C=O) groups excluding carboxylic acids is 1. The molecule has 1 atom stereocenters. The van der Waals surface area contributed by atoms with Gasteiger partial charge in [-0.3, -0.25) is 9.69 Å². The summed E-state index contributed by atoms with van der Waals surface area (Å²) in [6, 6.07) is 10.1. The van der Waals surface area contributed by atoms with Crippen molar-refractivity contribution in [3.05, 3.63) is 47.6 Å². The number of piperidine rings is 1. The first-order valence-corrected chi connectivity index (χ1v) is 9.46. The third kappa shape index (κ3) is 3.38. The van der Waals surface area contributed by atoms with Gasteiger partial charge in [0, 0.05) is 24.5 Å². The van der Waals surface area contributed by atoms with E-state index in [0.717, 1.165) is 43.7 Å². The smallest absolute Gasteiger partial charge is 0.229 e. The van der Waals surface area contributed by atoms with Gasteiger partial charge in [-0.1, -0.05) is 49.3 Å². The van der Waals surface area contributed by atoms with Gasteiger partial charge in [0.15, 0.2) is 5.82 Å². The summed E-state index contributed by atoms with van der Waals surface area (Å²) in [6.07, 6.45) is 2.83. The van der Waals surface area contributed by atoms with Crippen LogP contribution in [-0.2, 0) is 11.3 Å². The number of benzene rings is 1.